The van der Waals surface area contributed by atoms with Gasteiger partial charge < -0.3 is 71.3 Å². The fourth-order valence-corrected chi connectivity index (χ4v) is 6.34. The summed E-state index contributed by atoms with van der Waals surface area (Å²) in [7, 11) is 4.21. The van der Waals surface area contributed by atoms with Gasteiger partial charge in [0.2, 0.25) is 6.41 Å². The number of rotatable bonds is 20. The Hall–Kier alpha value is -6.00. The SMILES string of the molecule is CC.CC(C)C(C)N.CCCCc1c2c(nc3cc(F)c(C)cc13)-c1cc(C(O)C=O)c(COC)c(=O)n1C2.CNc1ccc(CN)cc1OC(C=O)CC(O)CCO.CO.C[C@@H](C=O)NC=O.O=CO. The zero-order valence-electron chi connectivity index (χ0n) is 43.1. The van der Waals surface area contributed by atoms with Crippen molar-refractivity contribution in [2.45, 2.75) is 138 Å². The van der Waals surface area contributed by atoms with Gasteiger partial charge in [0.25, 0.3) is 12.0 Å². The van der Waals surface area contributed by atoms with E-state index in [0.717, 1.165) is 54.1 Å². The maximum absolute atomic E-state index is 14.3. The van der Waals surface area contributed by atoms with Gasteiger partial charge in [0.1, 0.15) is 24.0 Å². The van der Waals surface area contributed by atoms with Crippen LogP contribution in [-0.2, 0) is 54.8 Å². The van der Waals surface area contributed by atoms with E-state index in [9.17, 15) is 38.6 Å². The van der Waals surface area contributed by atoms with E-state index in [2.05, 4.69) is 31.4 Å². The summed E-state index contributed by atoms with van der Waals surface area (Å²) >= 11 is 0. The van der Waals surface area contributed by atoms with Crippen LogP contribution in [0.1, 0.15) is 114 Å². The standard InChI is InChI=1S/C24H25FN2O4.C14H22N2O4.C5H13N.C4H7NO2.C2H6.CH2O2.CH4O/c1-4-5-6-14-15-7-13(2)19(25)9-20(15)26-23-17(14)10-27-21(23)8-16(22(29)11-28)18(12-31-3)24(27)30;1-16-13-3-2-10(8-15)6-14(13)20-12(9-18)7-11(19)4-5-17;1-4(2)5(3)6;1-4(2-6)5-3-7;1-2;2-1-3;1-2/h7-9,11,22,29H,4-6,10,12H2,1-3H3;2-3,6,9,11-12,16-17,19H,4-5,7-8,15H2,1H3;4-5H,6H2,1-3H3;2-4H,1H3,(H,5,7);1-2H3;1H,(H,2,3);2H,1H3/t;;;4-;;;/m...0.../s1. The fourth-order valence-electron chi connectivity index (χ4n) is 6.34. The molecule has 20 heteroatoms. The highest BCUT2D eigenvalue weighted by molar-refractivity contribution is 5.89. The number of anilines is 1. The third kappa shape index (κ3) is 21.9. The van der Waals surface area contributed by atoms with E-state index in [1.165, 1.54) is 13.2 Å². The van der Waals surface area contributed by atoms with Gasteiger partial charge in [-0.1, -0.05) is 47.1 Å². The number of aldehydes is 3. The molecule has 0 saturated heterocycles. The number of benzene rings is 2. The molecule has 5 atom stereocenters. The molecule has 3 heterocycles. The molecule has 71 heavy (non-hydrogen) atoms. The van der Waals surface area contributed by atoms with E-state index in [1.54, 1.807) is 37.6 Å². The highest BCUT2D eigenvalue weighted by Gasteiger charge is 2.30. The molecule has 1 aliphatic heterocycles. The van der Waals surface area contributed by atoms with Gasteiger partial charge in [-0.05, 0) is 86.9 Å². The van der Waals surface area contributed by atoms with Crippen LogP contribution in [-0.4, -0.2) is 119 Å². The van der Waals surface area contributed by atoms with E-state index in [1.807, 2.05) is 39.0 Å². The van der Waals surface area contributed by atoms with Crippen molar-refractivity contribution in [3.05, 3.63) is 85.9 Å². The smallest absolute Gasteiger partial charge is 0.290 e. The predicted octanol–water partition coefficient (Wildman–Crippen LogP) is 4.51. The molecule has 11 N–H and O–H groups in total. The number of pyridine rings is 2. The van der Waals surface area contributed by atoms with Crippen LogP contribution in [0.3, 0.4) is 0 Å². The molecular weight excluding hydrogens is 924 g/mol. The van der Waals surface area contributed by atoms with Gasteiger partial charge in [-0.3, -0.25) is 19.2 Å². The van der Waals surface area contributed by atoms with Gasteiger partial charge >= 0.3 is 0 Å². The van der Waals surface area contributed by atoms with Crippen LogP contribution in [0.5, 0.6) is 5.75 Å². The van der Waals surface area contributed by atoms with E-state index in [0.29, 0.717) is 78.5 Å². The molecule has 0 bridgehead atoms. The number of unbranched alkanes of at least 4 members (excludes halogenated alkanes) is 1. The number of ether oxygens (including phenoxy) is 2. The first-order chi connectivity index (χ1) is 33.9. The minimum Gasteiger partial charge on any atom is -0.483 e. The average molecular weight is 1000 g/mol. The number of aryl methyl sites for hydroxylation is 2. The van der Waals surface area contributed by atoms with Crippen molar-refractivity contribution in [1.82, 2.24) is 14.9 Å². The van der Waals surface area contributed by atoms with Crippen LogP contribution >= 0.6 is 0 Å². The third-order valence-electron chi connectivity index (χ3n) is 10.5. The Kier molecular flexibility index (Phi) is 35.7. The number of aromatic nitrogens is 2. The van der Waals surface area contributed by atoms with Crippen LogP contribution in [0.2, 0.25) is 0 Å². The summed E-state index contributed by atoms with van der Waals surface area (Å²) in [5, 5.41) is 48.6. The van der Waals surface area contributed by atoms with Crippen molar-refractivity contribution in [2.24, 2.45) is 17.4 Å². The number of halogens is 1. The van der Waals surface area contributed by atoms with E-state index in [4.69, 9.17) is 46.0 Å². The number of carbonyl (C=O) groups excluding carboxylic acids is 4. The second kappa shape index (κ2) is 37.8. The number of carboxylic acid groups (broad SMARTS) is 1. The van der Waals surface area contributed by atoms with Crippen LogP contribution in [0.25, 0.3) is 22.3 Å². The molecule has 0 fully saturated rings. The molecule has 0 aliphatic carbocycles. The second-order valence-electron chi connectivity index (χ2n) is 15.9. The lowest BCUT2D eigenvalue weighted by Gasteiger charge is -2.19. The van der Waals surface area contributed by atoms with Crippen molar-refractivity contribution in [3.8, 4) is 17.1 Å². The molecule has 1 aliphatic rings. The Bertz CT molecular complexity index is 2250. The number of fused-ring (bicyclic) bond motifs is 4. The molecule has 1 amide bonds. The molecule has 19 nitrogen and oxygen atoms in total. The van der Waals surface area contributed by atoms with Crippen molar-refractivity contribution >= 4 is 48.3 Å². The van der Waals surface area contributed by atoms with Crippen molar-refractivity contribution in [2.75, 3.05) is 33.2 Å². The van der Waals surface area contributed by atoms with Crippen molar-refractivity contribution in [3.63, 3.8) is 0 Å². The van der Waals surface area contributed by atoms with Crippen molar-refractivity contribution < 1.29 is 63.4 Å². The monoisotopic (exact) mass is 1000 g/mol. The number of carbonyl (C=O) groups is 5. The Labute approximate surface area is 416 Å². The number of hydrogen-bond donors (Lipinski definition) is 9. The van der Waals surface area contributed by atoms with Gasteiger partial charge in [-0.15, -0.1) is 0 Å². The Morgan fingerprint density at radius 3 is 2.06 bits per heavy atom. The first kappa shape index (κ1) is 67.1. The lowest BCUT2D eigenvalue weighted by Crippen LogP contribution is -2.26. The maximum atomic E-state index is 14.3. The zero-order valence-corrected chi connectivity index (χ0v) is 43.1. The number of nitrogens with two attached hydrogens (primary N) is 2. The molecule has 2 aromatic carbocycles. The van der Waals surface area contributed by atoms with Crippen LogP contribution in [0.15, 0.2) is 41.2 Å². The maximum Gasteiger partial charge on any atom is 0.290 e. The Morgan fingerprint density at radius 2 is 1.59 bits per heavy atom. The lowest BCUT2D eigenvalue weighted by molar-refractivity contribution is -0.123. The van der Waals surface area contributed by atoms with Gasteiger partial charge in [-0.25, -0.2) is 9.37 Å². The number of aliphatic hydroxyl groups is 4. The molecule has 0 spiro atoms. The van der Waals surface area contributed by atoms with Gasteiger partial charge in [0, 0.05) is 75.0 Å². The number of amides is 1. The van der Waals surface area contributed by atoms with Gasteiger partial charge in [0.05, 0.1) is 47.9 Å². The Balaban J connectivity index is 0. The predicted molar refractivity (Wildman–Crippen MR) is 274 cm³/mol. The van der Waals surface area contributed by atoms with Crippen LogP contribution in [0.4, 0.5) is 10.1 Å². The summed E-state index contributed by atoms with van der Waals surface area (Å²) in [6, 6.07) is 10.4. The molecule has 4 unspecified atom stereocenters. The quantitative estimate of drug-likeness (QED) is 0.0485. The highest BCUT2D eigenvalue weighted by atomic mass is 19.1. The van der Waals surface area contributed by atoms with E-state index >= 15 is 0 Å². The lowest BCUT2D eigenvalue weighted by atomic mass is 9.95. The molecular formula is C51H79FN6O13. The first-order valence-corrected chi connectivity index (χ1v) is 23.3. The number of hydrogen-bond acceptors (Lipinski definition) is 16. The topological polar surface area (TPSA) is 316 Å². The Morgan fingerprint density at radius 1 is 0.972 bits per heavy atom. The summed E-state index contributed by atoms with van der Waals surface area (Å²) in [4.78, 5) is 67.8. The molecule has 2 aromatic heterocycles. The van der Waals surface area contributed by atoms with Crippen molar-refractivity contribution in [1.29, 1.82) is 0 Å². The summed E-state index contributed by atoms with van der Waals surface area (Å²) < 4.78 is 26.7. The molecule has 4 aromatic rings. The summed E-state index contributed by atoms with van der Waals surface area (Å²) in [5.74, 6) is 0.818. The zero-order chi connectivity index (χ0) is 54.8. The summed E-state index contributed by atoms with van der Waals surface area (Å²) in [5.41, 5.74) is 17.0. The first-order valence-electron chi connectivity index (χ1n) is 23.3. The van der Waals surface area contributed by atoms with Crippen LogP contribution in [0, 0.1) is 18.7 Å². The molecule has 398 valence electrons. The molecule has 5 rings (SSSR count). The number of aliphatic hydroxyl groups excluding tert-OH is 4. The van der Waals surface area contributed by atoms with Crippen LogP contribution < -0.4 is 32.4 Å². The third-order valence-corrected chi connectivity index (χ3v) is 10.5. The minimum absolute atomic E-state index is 0.0157. The number of methoxy groups -OCH3 is 1. The summed E-state index contributed by atoms with van der Waals surface area (Å²) in [6.07, 6.45) is 2.32. The largest absolute Gasteiger partial charge is 0.483 e. The van der Waals surface area contributed by atoms with Gasteiger partial charge in [-0.2, -0.15) is 0 Å². The average Bonchev–Trinajstić information content (AvgIpc) is 3.74. The van der Waals surface area contributed by atoms with E-state index in [-0.39, 0.29) is 61.1 Å². The fraction of sp³-hybridized carbons (Fsp3) is 0.510. The molecule has 0 saturated carbocycles. The second-order valence-corrected chi connectivity index (χ2v) is 15.9. The molecule has 0 radical (unpaired) electrons. The van der Waals surface area contributed by atoms with E-state index < -0.39 is 18.3 Å². The number of nitrogens with zero attached hydrogens (tertiary/aromatic N) is 2. The highest BCUT2D eigenvalue weighted by Crippen LogP contribution is 2.38. The number of nitrogens with one attached hydrogen (secondary N) is 2. The minimum atomic E-state index is -1.44. The summed E-state index contributed by atoms with van der Waals surface area (Å²) in [6.45, 7) is 16.0. The normalized spacial score (nSPS) is 12.5. The van der Waals surface area contributed by atoms with Gasteiger partial charge in [0.15, 0.2) is 18.7 Å².